The van der Waals surface area contributed by atoms with Crippen molar-refractivity contribution in [1.29, 1.82) is 0 Å². The van der Waals surface area contributed by atoms with Gasteiger partial charge in [0.05, 0.1) is 6.04 Å². The summed E-state index contributed by atoms with van der Waals surface area (Å²) in [6, 6.07) is -1.01. The average molecular weight is 300 g/mol. The number of carbonyl (C=O) groups excluding carboxylic acids is 2. The highest BCUT2D eigenvalue weighted by atomic mass is 16.2. The van der Waals surface area contributed by atoms with Crippen LogP contribution in [0.3, 0.4) is 0 Å². The number of hydrogen-bond acceptors (Lipinski definition) is 4. The van der Waals surface area contributed by atoms with Gasteiger partial charge in [0.1, 0.15) is 6.04 Å². The van der Waals surface area contributed by atoms with E-state index in [2.05, 4.69) is 5.32 Å². The second kappa shape index (κ2) is 10.6. The van der Waals surface area contributed by atoms with E-state index in [4.69, 9.17) is 11.5 Å². The summed E-state index contributed by atoms with van der Waals surface area (Å²) in [5.74, 6) is -0.331. The van der Waals surface area contributed by atoms with E-state index in [0.717, 1.165) is 19.3 Å². The van der Waals surface area contributed by atoms with Crippen LogP contribution in [0.25, 0.3) is 0 Å². The van der Waals surface area contributed by atoms with E-state index in [1.807, 2.05) is 20.8 Å². The van der Waals surface area contributed by atoms with Crippen molar-refractivity contribution in [2.75, 3.05) is 13.1 Å². The van der Waals surface area contributed by atoms with E-state index in [0.29, 0.717) is 19.5 Å². The summed E-state index contributed by atoms with van der Waals surface area (Å²) in [6.07, 6.45) is 3.16. The summed E-state index contributed by atoms with van der Waals surface area (Å²) >= 11 is 0. The van der Waals surface area contributed by atoms with Gasteiger partial charge in [0.2, 0.25) is 11.8 Å². The Kier molecular flexibility index (Phi) is 9.99. The monoisotopic (exact) mass is 300 g/mol. The first-order valence-corrected chi connectivity index (χ1v) is 7.91. The maximum Gasteiger partial charge on any atom is 0.245 e. The molecule has 0 aromatic carbocycles. The molecule has 0 saturated heterocycles. The lowest BCUT2D eigenvalue weighted by atomic mass is 10.1. The second-order valence-electron chi connectivity index (χ2n) is 5.75. The molecule has 124 valence electrons. The van der Waals surface area contributed by atoms with Gasteiger partial charge in [-0.1, -0.05) is 13.3 Å². The van der Waals surface area contributed by atoms with Crippen LogP contribution < -0.4 is 16.8 Å². The van der Waals surface area contributed by atoms with Gasteiger partial charge in [-0.05, 0) is 46.6 Å². The van der Waals surface area contributed by atoms with Gasteiger partial charge < -0.3 is 21.7 Å². The lowest BCUT2D eigenvalue weighted by molar-refractivity contribution is -0.137. The Balaban J connectivity index is 4.40. The van der Waals surface area contributed by atoms with Crippen LogP contribution in [0.4, 0.5) is 0 Å². The molecule has 2 atom stereocenters. The summed E-state index contributed by atoms with van der Waals surface area (Å²) in [5.41, 5.74) is 11.2. The van der Waals surface area contributed by atoms with Gasteiger partial charge in [-0.3, -0.25) is 9.59 Å². The minimum absolute atomic E-state index is 0.0608. The molecule has 0 radical (unpaired) electrons. The maximum atomic E-state index is 12.3. The largest absolute Gasteiger partial charge is 0.343 e. The van der Waals surface area contributed by atoms with Gasteiger partial charge >= 0.3 is 0 Å². The third kappa shape index (κ3) is 7.43. The first-order chi connectivity index (χ1) is 9.84. The molecular formula is C15H32N4O2. The Morgan fingerprint density at radius 3 is 2.29 bits per heavy atom. The van der Waals surface area contributed by atoms with Crippen molar-refractivity contribution in [2.45, 2.75) is 71.5 Å². The van der Waals surface area contributed by atoms with E-state index < -0.39 is 12.1 Å². The molecule has 0 rings (SSSR count). The number of rotatable bonds is 10. The lowest BCUT2D eigenvalue weighted by Crippen LogP contribution is -2.52. The third-order valence-corrected chi connectivity index (χ3v) is 3.41. The number of hydrogen-bond donors (Lipinski definition) is 3. The molecule has 6 heteroatoms. The first-order valence-electron chi connectivity index (χ1n) is 7.91. The van der Waals surface area contributed by atoms with E-state index >= 15 is 0 Å². The lowest BCUT2D eigenvalue weighted by Gasteiger charge is -2.29. The van der Waals surface area contributed by atoms with Gasteiger partial charge in [-0.15, -0.1) is 0 Å². The Labute approximate surface area is 128 Å². The molecule has 0 aromatic rings. The van der Waals surface area contributed by atoms with Crippen LogP contribution in [-0.2, 0) is 9.59 Å². The van der Waals surface area contributed by atoms with Crippen molar-refractivity contribution in [1.82, 2.24) is 10.2 Å². The second-order valence-corrected chi connectivity index (χ2v) is 5.75. The van der Waals surface area contributed by atoms with Crippen molar-refractivity contribution >= 4 is 11.8 Å². The van der Waals surface area contributed by atoms with Crippen LogP contribution >= 0.6 is 0 Å². The first kappa shape index (κ1) is 19.9. The van der Waals surface area contributed by atoms with E-state index in [9.17, 15) is 9.59 Å². The number of nitrogens with one attached hydrogen (secondary N) is 1. The van der Waals surface area contributed by atoms with Crippen molar-refractivity contribution in [3.63, 3.8) is 0 Å². The zero-order valence-electron chi connectivity index (χ0n) is 13.9. The molecule has 0 fully saturated rings. The predicted molar refractivity (Wildman–Crippen MR) is 85.6 cm³/mol. The van der Waals surface area contributed by atoms with E-state index in [1.165, 1.54) is 0 Å². The Morgan fingerprint density at radius 1 is 1.19 bits per heavy atom. The standard InChI is InChI=1S/C15H32N4O2/c1-5-10-19(11(2)3)15(21)12(4)18-14(20)13(17)8-6-7-9-16/h11-13H,5-10,16-17H2,1-4H3,(H,18,20)/t12-,13+/m1/s1. The highest BCUT2D eigenvalue weighted by molar-refractivity contribution is 5.89. The molecule has 0 unspecified atom stereocenters. The number of nitrogens with zero attached hydrogens (tertiary/aromatic N) is 1. The van der Waals surface area contributed by atoms with Gasteiger partial charge in [0.15, 0.2) is 0 Å². The number of carbonyl (C=O) groups is 2. The SMILES string of the molecule is CCCN(C(=O)[C@@H](C)NC(=O)[C@@H](N)CCCCN)C(C)C. The molecule has 0 aromatic heterocycles. The van der Waals surface area contributed by atoms with Crippen molar-refractivity contribution < 1.29 is 9.59 Å². The van der Waals surface area contributed by atoms with Gasteiger partial charge in [0, 0.05) is 12.6 Å². The van der Waals surface area contributed by atoms with Crippen LogP contribution in [0.2, 0.25) is 0 Å². The van der Waals surface area contributed by atoms with Crippen molar-refractivity contribution in [3.8, 4) is 0 Å². The Hall–Kier alpha value is -1.14. The van der Waals surface area contributed by atoms with Crippen LogP contribution in [0, 0.1) is 0 Å². The van der Waals surface area contributed by atoms with Crippen LogP contribution in [0.1, 0.15) is 53.4 Å². The number of amides is 2. The van der Waals surface area contributed by atoms with Crippen molar-refractivity contribution in [2.24, 2.45) is 11.5 Å². The molecular weight excluding hydrogens is 268 g/mol. The minimum atomic E-state index is -0.578. The fourth-order valence-corrected chi connectivity index (χ4v) is 2.13. The molecule has 21 heavy (non-hydrogen) atoms. The normalized spacial score (nSPS) is 13.9. The third-order valence-electron chi connectivity index (χ3n) is 3.41. The molecule has 0 aliphatic heterocycles. The van der Waals surface area contributed by atoms with E-state index in [-0.39, 0.29) is 17.9 Å². The van der Waals surface area contributed by atoms with Gasteiger partial charge in [-0.25, -0.2) is 0 Å². The molecule has 0 spiro atoms. The number of nitrogens with two attached hydrogens (primary N) is 2. The van der Waals surface area contributed by atoms with E-state index in [1.54, 1.807) is 11.8 Å². The highest BCUT2D eigenvalue weighted by Gasteiger charge is 2.25. The summed E-state index contributed by atoms with van der Waals surface area (Å²) in [4.78, 5) is 26.1. The van der Waals surface area contributed by atoms with Crippen LogP contribution in [0.15, 0.2) is 0 Å². The Morgan fingerprint density at radius 2 is 1.81 bits per heavy atom. The quantitative estimate of drug-likeness (QED) is 0.514. The molecule has 0 bridgehead atoms. The number of unbranched alkanes of at least 4 members (excludes halogenated alkanes) is 1. The summed E-state index contributed by atoms with van der Waals surface area (Å²) in [6.45, 7) is 8.97. The smallest absolute Gasteiger partial charge is 0.245 e. The minimum Gasteiger partial charge on any atom is -0.343 e. The molecule has 0 saturated carbocycles. The molecule has 0 aliphatic rings. The molecule has 0 aliphatic carbocycles. The zero-order chi connectivity index (χ0) is 16.4. The summed E-state index contributed by atoms with van der Waals surface area (Å²) in [7, 11) is 0. The summed E-state index contributed by atoms with van der Waals surface area (Å²) in [5, 5.41) is 2.71. The Bertz CT molecular complexity index is 321. The molecule has 5 N–H and O–H groups in total. The maximum absolute atomic E-state index is 12.3. The zero-order valence-corrected chi connectivity index (χ0v) is 13.9. The summed E-state index contributed by atoms with van der Waals surface area (Å²) < 4.78 is 0. The predicted octanol–water partition coefficient (Wildman–Crippen LogP) is 0.594. The van der Waals surface area contributed by atoms with Crippen LogP contribution in [-0.4, -0.2) is 47.9 Å². The van der Waals surface area contributed by atoms with Crippen LogP contribution in [0.5, 0.6) is 0 Å². The van der Waals surface area contributed by atoms with Gasteiger partial charge in [-0.2, -0.15) is 0 Å². The topological polar surface area (TPSA) is 101 Å². The molecule has 6 nitrogen and oxygen atoms in total. The molecule has 2 amide bonds. The fourth-order valence-electron chi connectivity index (χ4n) is 2.13. The van der Waals surface area contributed by atoms with Gasteiger partial charge in [0.25, 0.3) is 0 Å². The molecule has 0 heterocycles. The highest BCUT2D eigenvalue weighted by Crippen LogP contribution is 2.04. The van der Waals surface area contributed by atoms with Crippen molar-refractivity contribution in [3.05, 3.63) is 0 Å². The average Bonchev–Trinajstić information content (AvgIpc) is 2.43. The fraction of sp³-hybridized carbons (Fsp3) is 0.867.